The molecule has 2 rings (SSSR count). The predicted molar refractivity (Wildman–Crippen MR) is 111 cm³/mol. The summed E-state index contributed by atoms with van der Waals surface area (Å²) in [5.41, 5.74) is 7.42. The van der Waals surface area contributed by atoms with Crippen molar-refractivity contribution in [3.63, 3.8) is 0 Å². The zero-order valence-electron chi connectivity index (χ0n) is 16.8. The van der Waals surface area contributed by atoms with E-state index >= 15 is 0 Å². The van der Waals surface area contributed by atoms with Crippen molar-refractivity contribution in [2.75, 3.05) is 19.7 Å². The van der Waals surface area contributed by atoms with E-state index in [2.05, 4.69) is 29.5 Å². The lowest BCUT2D eigenvalue weighted by Gasteiger charge is -2.18. The van der Waals surface area contributed by atoms with Crippen LogP contribution >= 0.6 is 0 Å². The highest BCUT2D eigenvalue weighted by Crippen LogP contribution is 2.19. The molecule has 2 aromatic rings. The summed E-state index contributed by atoms with van der Waals surface area (Å²) in [6, 6.07) is 7.19. The molecule has 2 amide bonds. The topological polar surface area (TPSA) is 109 Å². The number of nitrogens with two attached hydrogens (primary N) is 1. The number of hydrogen-bond donors (Lipinski definition) is 4. The number of aromatic nitrogens is 1. The summed E-state index contributed by atoms with van der Waals surface area (Å²) >= 11 is 0. The number of hydrogen-bond acceptors (Lipinski definition) is 4. The van der Waals surface area contributed by atoms with Gasteiger partial charge in [0, 0.05) is 30.1 Å². The van der Waals surface area contributed by atoms with Crippen LogP contribution in [0.2, 0.25) is 0 Å². The van der Waals surface area contributed by atoms with E-state index in [9.17, 15) is 9.59 Å². The number of para-hydroxylation sites is 1. The first kappa shape index (κ1) is 21.8. The van der Waals surface area contributed by atoms with Gasteiger partial charge in [-0.3, -0.25) is 4.79 Å². The highest BCUT2D eigenvalue weighted by atomic mass is 16.5. The second-order valence-corrected chi connectivity index (χ2v) is 7.37. The molecule has 154 valence electrons. The van der Waals surface area contributed by atoms with Crippen molar-refractivity contribution >= 4 is 22.9 Å². The molecule has 1 heterocycles. The lowest BCUT2D eigenvalue weighted by Crippen LogP contribution is -2.48. The summed E-state index contributed by atoms with van der Waals surface area (Å²) < 4.78 is 5.18. The van der Waals surface area contributed by atoms with Gasteiger partial charge < -0.3 is 26.1 Å². The first-order valence-corrected chi connectivity index (χ1v) is 9.97. The maximum absolute atomic E-state index is 12.7. The summed E-state index contributed by atoms with van der Waals surface area (Å²) in [5.74, 6) is 0.290. The minimum atomic E-state index is -0.701. The smallest absolute Gasteiger partial charge is 0.407 e. The molecule has 0 unspecified atom stereocenters. The average molecular weight is 389 g/mol. The van der Waals surface area contributed by atoms with Crippen LogP contribution in [0.15, 0.2) is 30.5 Å². The van der Waals surface area contributed by atoms with E-state index in [1.807, 2.05) is 30.5 Å². The quantitative estimate of drug-likeness (QED) is 0.444. The fourth-order valence-corrected chi connectivity index (χ4v) is 2.93. The maximum atomic E-state index is 12.7. The lowest BCUT2D eigenvalue weighted by atomic mass is 10.0. The molecule has 0 fully saturated rings. The van der Waals surface area contributed by atoms with E-state index in [0.29, 0.717) is 31.8 Å². The predicted octanol–water partition coefficient (Wildman–Crippen LogP) is 2.71. The van der Waals surface area contributed by atoms with Crippen molar-refractivity contribution in [2.24, 2.45) is 11.7 Å². The standard InChI is InChI=1S/C21H32N4O3/c1-15(2)9-11-23-20(26)19(25-21(27)28-12-6-5-10-22)13-16-14-24-18-8-4-3-7-17(16)18/h3-4,7-8,14-15,19,24H,5-6,9-13,22H2,1-2H3,(H,23,26)(H,25,27)/t19-/m0/s1. The van der Waals surface area contributed by atoms with Gasteiger partial charge in [0.2, 0.25) is 5.91 Å². The number of ether oxygens (including phenoxy) is 1. The summed E-state index contributed by atoms with van der Waals surface area (Å²) in [6.45, 7) is 5.64. The average Bonchev–Trinajstić information content (AvgIpc) is 3.07. The number of fused-ring (bicyclic) bond motifs is 1. The van der Waals surface area contributed by atoms with Crippen molar-refractivity contribution in [3.05, 3.63) is 36.0 Å². The van der Waals surface area contributed by atoms with Crippen molar-refractivity contribution < 1.29 is 14.3 Å². The Labute approximate surface area is 166 Å². The Bertz CT molecular complexity index is 757. The minimum Gasteiger partial charge on any atom is -0.450 e. The van der Waals surface area contributed by atoms with Crippen molar-refractivity contribution in [3.8, 4) is 0 Å². The normalized spacial score (nSPS) is 12.1. The van der Waals surface area contributed by atoms with Crippen LogP contribution in [0, 0.1) is 5.92 Å². The third kappa shape index (κ3) is 6.88. The molecule has 1 atom stereocenters. The maximum Gasteiger partial charge on any atom is 0.407 e. The number of unbranched alkanes of at least 4 members (excludes halogenated alkanes) is 1. The van der Waals surface area contributed by atoms with Gasteiger partial charge in [0.05, 0.1) is 6.61 Å². The monoisotopic (exact) mass is 388 g/mol. The molecule has 0 saturated carbocycles. The van der Waals surface area contributed by atoms with Crippen LogP contribution in [0.3, 0.4) is 0 Å². The van der Waals surface area contributed by atoms with Crippen LogP contribution in [0.25, 0.3) is 10.9 Å². The van der Waals surface area contributed by atoms with Gasteiger partial charge in [-0.2, -0.15) is 0 Å². The van der Waals surface area contributed by atoms with E-state index < -0.39 is 12.1 Å². The van der Waals surface area contributed by atoms with Crippen LogP contribution in [-0.2, 0) is 16.0 Å². The van der Waals surface area contributed by atoms with E-state index in [1.165, 1.54) is 0 Å². The molecule has 0 spiro atoms. The largest absolute Gasteiger partial charge is 0.450 e. The SMILES string of the molecule is CC(C)CCNC(=O)[C@H](Cc1c[nH]c2ccccc12)NC(=O)OCCCCN. The van der Waals surface area contributed by atoms with Gasteiger partial charge in [-0.15, -0.1) is 0 Å². The van der Waals surface area contributed by atoms with E-state index in [1.54, 1.807) is 0 Å². The number of carbonyl (C=O) groups is 2. The number of rotatable bonds is 11. The van der Waals surface area contributed by atoms with Gasteiger partial charge in [-0.1, -0.05) is 32.0 Å². The Morgan fingerprint density at radius 1 is 1.21 bits per heavy atom. The fourth-order valence-electron chi connectivity index (χ4n) is 2.93. The van der Waals surface area contributed by atoms with Crippen molar-refractivity contribution in [1.82, 2.24) is 15.6 Å². The van der Waals surface area contributed by atoms with Gasteiger partial charge in [0.1, 0.15) is 6.04 Å². The molecule has 0 aliphatic carbocycles. The number of alkyl carbamates (subject to hydrolysis) is 1. The molecule has 1 aromatic heterocycles. The third-order valence-electron chi connectivity index (χ3n) is 4.56. The molecular weight excluding hydrogens is 356 g/mol. The number of amides is 2. The minimum absolute atomic E-state index is 0.204. The number of H-pyrrole nitrogens is 1. The Morgan fingerprint density at radius 2 is 2.00 bits per heavy atom. The number of benzene rings is 1. The van der Waals surface area contributed by atoms with E-state index in [4.69, 9.17) is 10.5 Å². The number of aromatic amines is 1. The molecule has 5 N–H and O–H groups in total. The number of nitrogens with one attached hydrogen (secondary N) is 3. The third-order valence-corrected chi connectivity index (χ3v) is 4.56. The zero-order chi connectivity index (χ0) is 20.4. The van der Waals surface area contributed by atoms with Crippen LogP contribution < -0.4 is 16.4 Å². The van der Waals surface area contributed by atoms with Crippen LogP contribution in [0.5, 0.6) is 0 Å². The molecule has 28 heavy (non-hydrogen) atoms. The second-order valence-electron chi connectivity index (χ2n) is 7.37. The molecular formula is C21H32N4O3. The summed E-state index contributed by atoms with van der Waals surface area (Å²) in [5, 5.41) is 6.68. The highest BCUT2D eigenvalue weighted by Gasteiger charge is 2.23. The summed E-state index contributed by atoms with van der Waals surface area (Å²) in [4.78, 5) is 28.0. The molecule has 1 aromatic carbocycles. The molecule has 0 radical (unpaired) electrons. The van der Waals surface area contributed by atoms with Crippen molar-refractivity contribution in [2.45, 2.75) is 45.6 Å². The second kappa shape index (κ2) is 11.3. The van der Waals surface area contributed by atoms with Gasteiger partial charge in [-0.05, 0) is 43.4 Å². The van der Waals surface area contributed by atoms with Gasteiger partial charge in [-0.25, -0.2) is 4.79 Å². The summed E-state index contributed by atoms with van der Waals surface area (Å²) in [7, 11) is 0. The fraction of sp³-hybridized carbons (Fsp3) is 0.524. The summed E-state index contributed by atoms with van der Waals surface area (Å²) in [6.07, 6.45) is 4.07. The van der Waals surface area contributed by atoms with Crippen LogP contribution in [-0.4, -0.2) is 42.7 Å². The van der Waals surface area contributed by atoms with Gasteiger partial charge in [0.15, 0.2) is 0 Å². The van der Waals surface area contributed by atoms with Gasteiger partial charge in [0.25, 0.3) is 0 Å². The molecule has 0 aliphatic rings. The number of carbonyl (C=O) groups excluding carboxylic acids is 2. The van der Waals surface area contributed by atoms with Crippen LogP contribution in [0.1, 0.15) is 38.7 Å². The molecule has 0 bridgehead atoms. The van der Waals surface area contributed by atoms with Crippen LogP contribution in [0.4, 0.5) is 4.79 Å². The Hall–Kier alpha value is -2.54. The Balaban J connectivity index is 2.02. The lowest BCUT2D eigenvalue weighted by molar-refractivity contribution is -0.123. The molecule has 7 nitrogen and oxygen atoms in total. The molecule has 0 aliphatic heterocycles. The first-order valence-electron chi connectivity index (χ1n) is 9.97. The van der Waals surface area contributed by atoms with Crippen molar-refractivity contribution in [1.29, 1.82) is 0 Å². The highest BCUT2D eigenvalue weighted by molar-refractivity contribution is 5.88. The van der Waals surface area contributed by atoms with Gasteiger partial charge >= 0.3 is 6.09 Å². The van der Waals surface area contributed by atoms with E-state index in [-0.39, 0.29) is 12.5 Å². The molecule has 0 saturated heterocycles. The van der Waals surface area contributed by atoms with E-state index in [0.717, 1.165) is 29.3 Å². The molecule has 7 heteroatoms. The first-order chi connectivity index (χ1) is 13.5. The Morgan fingerprint density at radius 3 is 2.75 bits per heavy atom. The zero-order valence-corrected chi connectivity index (χ0v) is 16.8. The Kier molecular flexibility index (Phi) is 8.81.